The molecule has 0 spiro atoms. The van der Waals surface area contributed by atoms with Crippen LogP contribution in [0.4, 0.5) is 0 Å². The molecule has 3 heterocycles. The Labute approximate surface area is 177 Å². The number of thiophene rings is 1. The molecular weight excluding hydrogens is 462 g/mol. The van der Waals surface area contributed by atoms with E-state index in [4.69, 9.17) is 14.2 Å². The van der Waals surface area contributed by atoms with Crippen LogP contribution in [0.5, 0.6) is 0 Å². The summed E-state index contributed by atoms with van der Waals surface area (Å²) in [4.78, 5) is 18.7. The molecule has 0 N–H and O–H groups in total. The van der Waals surface area contributed by atoms with Gasteiger partial charge in [0.15, 0.2) is 10.9 Å². The van der Waals surface area contributed by atoms with Crippen molar-refractivity contribution < 1.29 is 9.26 Å². The van der Waals surface area contributed by atoms with Crippen LogP contribution in [-0.4, -0.2) is 28.4 Å². The number of methoxy groups -OCH3 is 1. The summed E-state index contributed by atoms with van der Waals surface area (Å²) < 4.78 is 13.1. The van der Waals surface area contributed by atoms with Gasteiger partial charge < -0.3 is 9.26 Å². The second-order valence-corrected chi connectivity index (χ2v) is 8.76. The Morgan fingerprint density at radius 2 is 2.21 bits per heavy atom. The molecule has 1 aromatic carbocycles. The van der Waals surface area contributed by atoms with Gasteiger partial charge in [0.2, 0.25) is 0 Å². The number of ether oxygens (including phenoxy) is 1. The molecule has 28 heavy (non-hydrogen) atoms. The van der Waals surface area contributed by atoms with E-state index in [0.717, 1.165) is 20.8 Å². The third-order valence-electron chi connectivity index (χ3n) is 4.07. The van der Waals surface area contributed by atoms with Crippen LogP contribution in [0.25, 0.3) is 21.5 Å². The summed E-state index contributed by atoms with van der Waals surface area (Å²) in [6, 6.07) is 11.4. The standard InChI is InChI=1S/C19H16BrN3O3S2/c1-25-7-6-23-18(24)14-9-12(20)4-5-15(14)21-19(23)28-11-13-10-16(26-22-13)17-3-2-8-27-17/h2-5,8-10H,6-7,11H2,1H3. The largest absolute Gasteiger partial charge is 0.383 e. The van der Waals surface area contributed by atoms with Gasteiger partial charge in [-0.3, -0.25) is 9.36 Å². The summed E-state index contributed by atoms with van der Waals surface area (Å²) in [5.41, 5.74) is 1.39. The van der Waals surface area contributed by atoms with E-state index in [1.54, 1.807) is 29.1 Å². The van der Waals surface area contributed by atoms with Crippen LogP contribution in [0.15, 0.2) is 60.7 Å². The lowest BCUT2D eigenvalue weighted by Crippen LogP contribution is -2.25. The number of hydrogen-bond acceptors (Lipinski definition) is 7. The normalized spacial score (nSPS) is 11.4. The number of fused-ring (bicyclic) bond motifs is 1. The zero-order valence-electron chi connectivity index (χ0n) is 14.9. The summed E-state index contributed by atoms with van der Waals surface area (Å²) in [6.07, 6.45) is 0. The van der Waals surface area contributed by atoms with Crippen molar-refractivity contribution in [3.8, 4) is 10.6 Å². The second kappa shape index (κ2) is 8.60. The number of thioether (sulfide) groups is 1. The highest BCUT2D eigenvalue weighted by Crippen LogP contribution is 2.28. The van der Waals surface area contributed by atoms with Gasteiger partial charge >= 0.3 is 0 Å². The molecule has 4 rings (SSSR count). The molecule has 0 aliphatic rings. The Bertz CT molecular complexity index is 1160. The lowest BCUT2D eigenvalue weighted by atomic mass is 10.2. The minimum Gasteiger partial charge on any atom is -0.383 e. The predicted molar refractivity (Wildman–Crippen MR) is 115 cm³/mol. The van der Waals surface area contributed by atoms with Crippen LogP contribution in [-0.2, 0) is 17.0 Å². The van der Waals surface area contributed by atoms with Crippen LogP contribution in [0, 0.1) is 0 Å². The number of benzene rings is 1. The molecule has 0 radical (unpaired) electrons. The Kier molecular flexibility index (Phi) is 5.96. The Morgan fingerprint density at radius 3 is 3.00 bits per heavy atom. The van der Waals surface area contributed by atoms with Crippen molar-refractivity contribution in [3.63, 3.8) is 0 Å². The van der Waals surface area contributed by atoms with E-state index in [-0.39, 0.29) is 5.56 Å². The molecule has 0 atom stereocenters. The maximum atomic E-state index is 13.0. The third kappa shape index (κ3) is 4.07. The second-order valence-electron chi connectivity index (χ2n) is 5.95. The van der Waals surface area contributed by atoms with Gasteiger partial charge in [-0.25, -0.2) is 4.98 Å². The molecule has 0 fully saturated rings. The third-order valence-corrected chi connectivity index (χ3v) is 6.46. The van der Waals surface area contributed by atoms with E-state index in [1.165, 1.54) is 11.8 Å². The smallest absolute Gasteiger partial charge is 0.262 e. The van der Waals surface area contributed by atoms with E-state index < -0.39 is 0 Å². The Morgan fingerprint density at radius 1 is 1.32 bits per heavy atom. The van der Waals surface area contributed by atoms with Crippen molar-refractivity contribution >= 4 is 49.9 Å². The molecule has 144 valence electrons. The van der Waals surface area contributed by atoms with Crippen LogP contribution in [0.1, 0.15) is 5.69 Å². The van der Waals surface area contributed by atoms with Crippen molar-refractivity contribution in [3.05, 3.63) is 62.3 Å². The molecule has 0 bridgehead atoms. The van der Waals surface area contributed by atoms with E-state index in [0.29, 0.717) is 35.0 Å². The first kappa shape index (κ1) is 19.4. The average Bonchev–Trinajstić information content (AvgIpc) is 3.38. The Hall–Kier alpha value is -1.94. The van der Waals surface area contributed by atoms with Gasteiger partial charge in [0.1, 0.15) is 0 Å². The van der Waals surface area contributed by atoms with Crippen molar-refractivity contribution in [2.75, 3.05) is 13.7 Å². The molecule has 0 saturated carbocycles. The average molecular weight is 478 g/mol. The molecule has 3 aromatic heterocycles. The molecule has 0 amide bonds. The fraction of sp³-hybridized carbons (Fsp3) is 0.211. The molecule has 0 unspecified atom stereocenters. The first-order valence-electron chi connectivity index (χ1n) is 8.47. The van der Waals surface area contributed by atoms with Crippen molar-refractivity contribution in [1.29, 1.82) is 0 Å². The quantitative estimate of drug-likeness (QED) is 0.280. The summed E-state index contributed by atoms with van der Waals surface area (Å²) in [6.45, 7) is 0.869. The summed E-state index contributed by atoms with van der Waals surface area (Å²) >= 11 is 6.48. The number of rotatable bonds is 7. The predicted octanol–water partition coefficient (Wildman–Crippen LogP) is 4.81. The molecule has 4 aromatic rings. The zero-order chi connectivity index (χ0) is 19.5. The fourth-order valence-electron chi connectivity index (χ4n) is 2.72. The molecule has 0 aliphatic heterocycles. The van der Waals surface area contributed by atoms with Crippen LogP contribution < -0.4 is 5.56 Å². The van der Waals surface area contributed by atoms with Gasteiger partial charge in [-0.15, -0.1) is 11.3 Å². The zero-order valence-corrected chi connectivity index (χ0v) is 18.1. The maximum absolute atomic E-state index is 13.0. The number of nitrogens with zero attached hydrogens (tertiary/aromatic N) is 3. The first-order chi connectivity index (χ1) is 13.7. The number of halogens is 1. The summed E-state index contributed by atoms with van der Waals surface area (Å²) in [7, 11) is 1.62. The summed E-state index contributed by atoms with van der Waals surface area (Å²) in [5.74, 6) is 1.30. The lowest BCUT2D eigenvalue weighted by molar-refractivity contribution is 0.183. The van der Waals surface area contributed by atoms with Gasteiger partial charge in [-0.1, -0.05) is 38.9 Å². The van der Waals surface area contributed by atoms with Gasteiger partial charge in [0.25, 0.3) is 5.56 Å². The van der Waals surface area contributed by atoms with Gasteiger partial charge in [0.05, 0.1) is 34.6 Å². The number of aromatic nitrogens is 3. The topological polar surface area (TPSA) is 70.2 Å². The van der Waals surface area contributed by atoms with E-state index >= 15 is 0 Å². The van der Waals surface area contributed by atoms with E-state index in [1.807, 2.05) is 35.7 Å². The van der Waals surface area contributed by atoms with E-state index in [2.05, 4.69) is 21.1 Å². The summed E-state index contributed by atoms with van der Waals surface area (Å²) in [5, 5.41) is 7.35. The van der Waals surface area contributed by atoms with Crippen LogP contribution in [0.3, 0.4) is 0 Å². The van der Waals surface area contributed by atoms with Gasteiger partial charge in [0, 0.05) is 23.4 Å². The highest BCUT2D eigenvalue weighted by molar-refractivity contribution is 9.10. The SMILES string of the molecule is COCCn1c(SCc2cc(-c3cccs3)on2)nc2ccc(Br)cc2c1=O. The maximum Gasteiger partial charge on any atom is 0.262 e. The minimum absolute atomic E-state index is 0.0784. The van der Waals surface area contributed by atoms with Crippen molar-refractivity contribution in [2.24, 2.45) is 0 Å². The van der Waals surface area contributed by atoms with Crippen LogP contribution >= 0.6 is 39.0 Å². The first-order valence-corrected chi connectivity index (χ1v) is 11.1. The fourth-order valence-corrected chi connectivity index (χ4v) is 4.66. The number of hydrogen-bond donors (Lipinski definition) is 0. The van der Waals surface area contributed by atoms with Gasteiger partial charge in [-0.05, 0) is 29.6 Å². The monoisotopic (exact) mass is 477 g/mol. The Balaban J connectivity index is 1.63. The van der Waals surface area contributed by atoms with E-state index in [9.17, 15) is 4.79 Å². The van der Waals surface area contributed by atoms with Crippen LogP contribution in [0.2, 0.25) is 0 Å². The molecule has 6 nitrogen and oxygen atoms in total. The highest BCUT2D eigenvalue weighted by Gasteiger charge is 2.14. The highest BCUT2D eigenvalue weighted by atomic mass is 79.9. The minimum atomic E-state index is -0.0784. The molecule has 9 heteroatoms. The molecular formula is C19H16BrN3O3S2. The molecule has 0 aliphatic carbocycles. The molecule has 0 saturated heterocycles. The lowest BCUT2D eigenvalue weighted by Gasteiger charge is -2.12. The van der Waals surface area contributed by atoms with Crippen molar-refractivity contribution in [1.82, 2.24) is 14.7 Å². The van der Waals surface area contributed by atoms with Gasteiger partial charge in [-0.2, -0.15) is 0 Å². The van der Waals surface area contributed by atoms with Crippen molar-refractivity contribution in [2.45, 2.75) is 17.5 Å².